The number of carbonyl (C=O) groups is 1. The molecule has 0 heterocycles. The van der Waals surface area contributed by atoms with Gasteiger partial charge in [0.15, 0.2) is 28.8 Å². The van der Waals surface area contributed by atoms with E-state index in [0.717, 1.165) is 11.1 Å². The monoisotopic (exact) mass is 434 g/mol. The Morgan fingerprint density at radius 2 is 1.31 bits per heavy atom. The van der Waals surface area contributed by atoms with E-state index in [1.54, 1.807) is 62.8 Å². The fraction of sp³-hybridized carbons (Fsp3) is 0.192. The van der Waals surface area contributed by atoms with Crippen LogP contribution in [0.25, 0.3) is 12.2 Å². The van der Waals surface area contributed by atoms with E-state index in [-0.39, 0.29) is 17.8 Å². The fourth-order valence-corrected chi connectivity index (χ4v) is 2.87. The number of methoxy groups -OCH3 is 4. The molecule has 2 aromatic rings. The van der Waals surface area contributed by atoms with Crippen molar-refractivity contribution in [2.75, 3.05) is 28.4 Å². The van der Waals surface area contributed by atoms with Crippen molar-refractivity contribution in [1.82, 2.24) is 0 Å². The smallest absolute Gasteiger partial charge is 0.186 e. The third kappa shape index (κ3) is 6.19. The van der Waals surface area contributed by atoms with Crippen LogP contribution in [0.1, 0.15) is 17.5 Å². The van der Waals surface area contributed by atoms with Gasteiger partial charge in [0.1, 0.15) is 5.76 Å². The Bertz CT molecular complexity index is 1090. The number of ketones is 1. The summed E-state index contributed by atoms with van der Waals surface area (Å²) >= 11 is 0. The lowest BCUT2D eigenvalue weighted by atomic mass is 10.0. The van der Waals surface area contributed by atoms with E-state index in [0.29, 0.717) is 23.0 Å². The SMILES string of the molecule is C#CC/C(C(=O)/C=C/c1ccc(OC)c(OC)c1)=C(O)\C=C\c1ccc(OC)c(OC)c1. The third-order valence-corrected chi connectivity index (χ3v) is 4.56. The summed E-state index contributed by atoms with van der Waals surface area (Å²) in [4.78, 5) is 12.7. The first kappa shape index (κ1) is 24.2. The van der Waals surface area contributed by atoms with E-state index < -0.39 is 5.78 Å². The molecule has 0 unspecified atom stereocenters. The van der Waals surface area contributed by atoms with Gasteiger partial charge in [-0.3, -0.25) is 4.79 Å². The average molecular weight is 434 g/mol. The number of carbonyl (C=O) groups excluding carboxylic acids is 1. The van der Waals surface area contributed by atoms with Gasteiger partial charge in [0.25, 0.3) is 0 Å². The van der Waals surface area contributed by atoms with Gasteiger partial charge in [-0.25, -0.2) is 0 Å². The Morgan fingerprint density at radius 1 is 0.844 bits per heavy atom. The molecule has 0 aliphatic carbocycles. The largest absolute Gasteiger partial charge is 0.507 e. The standard InChI is InChI=1S/C26H26O6/c1-6-7-20(21(27)12-8-18-10-14-23(29-2)25(16-18)31-4)22(28)13-9-19-11-15-24(30-3)26(17-19)32-5/h1,8-17,27H,7H2,2-5H3/b12-8+,13-9+,21-20-. The van der Waals surface area contributed by atoms with Crippen LogP contribution in [0, 0.1) is 12.3 Å². The van der Waals surface area contributed by atoms with Crippen molar-refractivity contribution in [2.45, 2.75) is 6.42 Å². The molecule has 0 aromatic heterocycles. The van der Waals surface area contributed by atoms with Crippen LogP contribution in [0.5, 0.6) is 23.0 Å². The zero-order valence-corrected chi connectivity index (χ0v) is 18.5. The van der Waals surface area contributed by atoms with Gasteiger partial charge in [0.05, 0.1) is 34.0 Å². The summed E-state index contributed by atoms with van der Waals surface area (Å²) in [5, 5.41) is 10.5. The van der Waals surface area contributed by atoms with Crippen molar-refractivity contribution in [2.24, 2.45) is 0 Å². The van der Waals surface area contributed by atoms with Crippen molar-refractivity contribution in [3.8, 4) is 35.3 Å². The van der Waals surface area contributed by atoms with Crippen molar-refractivity contribution >= 4 is 17.9 Å². The quantitative estimate of drug-likeness (QED) is 0.249. The first-order valence-electron chi connectivity index (χ1n) is 9.67. The van der Waals surface area contributed by atoms with E-state index in [9.17, 15) is 9.90 Å². The second-order valence-corrected chi connectivity index (χ2v) is 6.50. The van der Waals surface area contributed by atoms with E-state index in [2.05, 4.69) is 5.92 Å². The van der Waals surface area contributed by atoms with Gasteiger partial charge in [-0.05, 0) is 47.5 Å². The van der Waals surface area contributed by atoms with Crippen LogP contribution in [0.15, 0.2) is 59.9 Å². The summed E-state index contributed by atoms with van der Waals surface area (Å²) in [6.45, 7) is 0. The van der Waals surface area contributed by atoms with Crippen molar-refractivity contribution in [1.29, 1.82) is 0 Å². The number of benzene rings is 2. The summed E-state index contributed by atoms with van der Waals surface area (Å²) in [5.41, 5.74) is 1.60. The Morgan fingerprint density at radius 3 is 1.75 bits per heavy atom. The summed E-state index contributed by atoms with van der Waals surface area (Å²) < 4.78 is 21.0. The number of hydrogen-bond acceptors (Lipinski definition) is 6. The van der Waals surface area contributed by atoms with Crippen LogP contribution in [0.4, 0.5) is 0 Å². The molecule has 0 aliphatic heterocycles. The molecule has 0 radical (unpaired) electrons. The van der Waals surface area contributed by atoms with E-state index in [1.165, 1.54) is 26.4 Å². The Kier molecular flexibility index (Phi) is 9.00. The molecular formula is C26H26O6. The van der Waals surface area contributed by atoms with E-state index in [1.807, 2.05) is 0 Å². The van der Waals surface area contributed by atoms with Gasteiger partial charge in [-0.1, -0.05) is 24.3 Å². The summed E-state index contributed by atoms with van der Waals surface area (Å²) in [7, 11) is 6.17. The lowest BCUT2D eigenvalue weighted by molar-refractivity contribution is -0.111. The first-order chi connectivity index (χ1) is 15.5. The highest BCUT2D eigenvalue weighted by atomic mass is 16.5. The number of aliphatic hydroxyl groups is 1. The maximum atomic E-state index is 12.7. The second-order valence-electron chi connectivity index (χ2n) is 6.50. The van der Waals surface area contributed by atoms with Crippen molar-refractivity contribution in [3.63, 3.8) is 0 Å². The molecule has 0 aliphatic rings. The van der Waals surface area contributed by atoms with Gasteiger partial charge >= 0.3 is 0 Å². The third-order valence-electron chi connectivity index (χ3n) is 4.56. The molecule has 6 heteroatoms. The number of aliphatic hydroxyl groups excluding tert-OH is 1. The van der Waals surface area contributed by atoms with Crippen molar-refractivity contribution in [3.05, 3.63) is 71.0 Å². The lowest BCUT2D eigenvalue weighted by Crippen LogP contribution is -2.02. The molecule has 32 heavy (non-hydrogen) atoms. The second kappa shape index (κ2) is 11.9. The molecule has 2 rings (SSSR count). The van der Waals surface area contributed by atoms with Crippen LogP contribution < -0.4 is 18.9 Å². The maximum Gasteiger partial charge on any atom is 0.186 e. The van der Waals surface area contributed by atoms with Gasteiger partial charge in [0.2, 0.25) is 0 Å². The van der Waals surface area contributed by atoms with Crippen LogP contribution in [-0.4, -0.2) is 39.3 Å². The summed E-state index contributed by atoms with van der Waals surface area (Å²) in [6, 6.07) is 10.6. The average Bonchev–Trinajstić information content (AvgIpc) is 2.83. The Labute approximate surface area is 188 Å². The van der Waals surface area contributed by atoms with E-state index >= 15 is 0 Å². The topological polar surface area (TPSA) is 74.2 Å². The first-order valence-corrected chi connectivity index (χ1v) is 9.67. The van der Waals surface area contributed by atoms with Gasteiger partial charge in [0, 0.05) is 6.42 Å². The van der Waals surface area contributed by atoms with Crippen molar-refractivity contribution < 1.29 is 28.8 Å². The molecule has 6 nitrogen and oxygen atoms in total. The number of hydrogen-bond donors (Lipinski definition) is 1. The molecule has 0 atom stereocenters. The van der Waals surface area contributed by atoms with Crippen LogP contribution in [0.2, 0.25) is 0 Å². The lowest BCUT2D eigenvalue weighted by Gasteiger charge is -2.08. The van der Waals surface area contributed by atoms with Crippen LogP contribution >= 0.6 is 0 Å². The fourth-order valence-electron chi connectivity index (χ4n) is 2.87. The maximum absolute atomic E-state index is 12.7. The van der Waals surface area contributed by atoms with Crippen LogP contribution in [-0.2, 0) is 4.79 Å². The van der Waals surface area contributed by atoms with E-state index in [4.69, 9.17) is 25.4 Å². The molecule has 0 saturated carbocycles. The molecule has 0 spiro atoms. The zero-order valence-electron chi connectivity index (χ0n) is 18.5. The Hall–Kier alpha value is -4.11. The zero-order chi connectivity index (χ0) is 23.5. The normalized spacial score (nSPS) is 11.7. The van der Waals surface area contributed by atoms with Crippen LogP contribution in [0.3, 0.4) is 0 Å². The number of rotatable bonds is 10. The molecule has 0 bridgehead atoms. The molecule has 1 N–H and O–H groups in total. The molecule has 166 valence electrons. The molecular weight excluding hydrogens is 408 g/mol. The summed E-state index contributed by atoms with van der Waals surface area (Å²) in [5.74, 6) is 4.08. The van der Waals surface area contributed by atoms with Gasteiger partial charge < -0.3 is 24.1 Å². The highest BCUT2D eigenvalue weighted by Gasteiger charge is 2.11. The number of terminal acetylenes is 1. The Balaban J connectivity index is 2.27. The predicted molar refractivity (Wildman–Crippen MR) is 125 cm³/mol. The molecule has 0 fully saturated rings. The van der Waals surface area contributed by atoms with Gasteiger partial charge in [-0.15, -0.1) is 12.3 Å². The molecule has 2 aromatic carbocycles. The summed E-state index contributed by atoms with van der Waals surface area (Å²) in [6.07, 6.45) is 11.4. The number of allylic oxidation sites excluding steroid dienone is 3. The highest BCUT2D eigenvalue weighted by Crippen LogP contribution is 2.29. The highest BCUT2D eigenvalue weighted by molar-refractivity contribution is 6.07. The number of ether oxygens (including phenoxy) is 4. The molecule has 0 saturated heterocycles. The predicted octanol–water partition coefficient (Wildman–Crippen LogP) is 4.85. The minimum absolute atomic E-state index is 0.0167. The molecule has 0 amide bonds. The minimum Gasteiger partial charge on any atom is -0.507 e. The van der Waals surface area contributed by atoms with Gasteiger partial charge in [-0.2, -0.15) is 0 Å². The minimum atomic E-state index is -0.396.